The van der Waals surface area contributed by atoms with Crippen LogP contribution in [0.1, 0.15) is 39.0 Å². The number of hydrogen-bond donors (Lipinski definition) is 2. The number of carbonyl (C=O) groups excluding carboxylic acids is 1. The Morgan fingerprint density at radius 3 is 2.68 bits per heavy atom. The molecule has 0 radical (unpaired) electrons. The van der Waals surface area contributed by atoms with Crippen LogP contribution in [-0.4, -0.2) is 47.9 Å². The molecule has 1 amide bonds. The first-order valence-electron chi connectivity index (χ1n) is 6.82. The molecule has 0 spiro atoms. The Bertz CT molecular complexity index is 347. The third-order valence-corrected chi connectivity index (χ3v) is 3.90. The molecule has 19 heavy (non-hydrogen) atoms. The van der Waals surface area contributed by atoms with Gasteiger partial charge >= 0.3 is 5.97 Å². The van der Waals surface area contributed by atoms with E-state index in [1.807, 2.05) is 0 Å². The number of carboxylic acid groups (broad SMARTS) is 1. The molecule has 6 nitrogen and oxygen atoms in total. The second-order valence-corrected chi connectivity index (χ2v) is 5.34. The molecule has 0 aromatic rings. The highest BCUT2D eigenvalue weighted by molar-refractivity contribution is 5.89. The standard InChI is InChI=1S/C13H21NO5/c1-9(19-8-10-4-2-7-18-10)11(15)14-13(12(16)17)5-3-6-13/h9-10H,2-8H2,1H3,(H,14,15)(H,16,17). The van der Waals surface area contributed by atoms with Gasteiger partial charge < -0.3 is 19.9 Å². The molecule has 2 fully saturated rings. The lowest BCUT2D eigenvalue weighted by molar-refractivity contribution is -0.154. The summed E-state index contributed by atoms with van der Waals surface area (Å²) in [5, 5.41) is 11.7. The third kappa shape index (κ3) is 3.25. The van der Waals surface area contributed by atoms with Crippen molar-refractivity contribution in [3.05, 3.63) is 0 Å². The van der Waals surface area contributed by atoms with E-state index in [-0.39, 0.29) is 12.0 Å². The molecule has 6 heteroatoms. The van der Waals surface area contributed by atoms with Gasteiger partial charge in [0, 0.05) is 6.61 Å². The zero-order chi connectivity index (χ0) is 13.9. The number of amides is 1. The highest BCUT2D eigenvalue weighted by Gasteiger charge is 2.46. The van der Waals surface area contributed by atoms with Crippen molar-refractivity contribution in [2.24, 2.45) is 0 Å². The van der Waals surface area contributed by atoms with Gasteiger partial charge in [-0.3, -0.25) is 4.79 Å². The molecular formula is C13H21NO5. The smallest absolute Gasteiger partial charge is 0.329 e. The summed E-state index contributed by atoms with van der Waals surface area (Å²) in [4.78, 5) is 23.1. The average Bonchev–Trinajstić information content (AvgIpc) is 2.82. The third-order valence-electron chi connectivity index (χ3n) is 3.90. The number of rotatable bonds is 6. The fraction of sp³-hybridized carbons (Fsp3) is 0.846. The fourth-order valence-electron chi connectivity index (χ4n) is 2.36. The molecule has 1 aliphatic heterocycles. The highest BCUT2D eigenvalue weighted by atomic mass is 16.5. The topological polar surface area (TPSA) is 84.9 Å². The van der Waals surface area contributed by atoms with Crippen molar-refractivity contribution in [2.75, 3.05) is 13.2 Å². The predicted octanol–water partition coefficient (Wildman–Crippen LogP) is 0.694. The molecule has 2 aliphatic rings. The normalized spacial score (nSPS) is 26.5. The molecule has 2 atom stereocenters. The van der Waals surface area contributed by atoms with Crippen molar-refractivity contribution in [3.8, 4) is 0 Å². The van der Waals surface area contributed by atoms with Crippen molar-refractivity contribution in [1.29, 1.82) is 0 Å². The monoisotopic (exact) mass is 271 g/mol. The maximum absolute atomic E-state index is 11.9. The van der Waals surface area contributed by atoms with E-state index in [9.17, 15) is 9.59 Å². The first-order chi connectivity index (χ1) is 9.03. The summed E-state index contributed by atoms with van der Waals surface area (Å²) in [5.41, 5.74) is -1.07. The Morgan fingerprint density at radius 1 is 1.47 bits per heavy atom. The first-order valence-corrected chi connectivity index (χ1v) is 6.82. The summed E-state index contributed by atoms with van der Waals surface area (Å²) in [6.07, 6.45) is 3.20. The van der Waals surface area contributed by atoms with E-state index < -0.39 is 17.6 Å². The lowest BCUT2D eigenvalue weighted by Crippen LogP contribution is -2.60. The van der Waals surface area contributed by atoms with Gasteiger partial charge in [-0.2, -0.15) is 0 Å². The number of aliphatic carboxylic acids is 1. The van der Waals surface area contributed by atoms with Crippen LogP contribution in [0, 0.1) is 0 Å². The molecule has 2 unspecified atom stereocenters. The Hall–Kier alpha value is -1.14. The maximum atomic E-state index is 11.9. The number of carboxylic acids is 1. The van der Waals surface area contributed by atoms with Crippen LogP contribution in [0.15, 0.2) is 0 Å². The zero-order valence-corrected chi connectivity index (χ0v) is 11.2. The summed E-state index contributed by atoms with van der Waals surface area (Å²) in [6.45, 7) is 2.77. The van der Waals surface area contributed by atoms with Gasteiger partial charge in [0.25, 0.3) is 0 Å². The SMILES string of the molecule is CC(OCC1CCCO1)C(=O)NC1(C(=O)O)CCC1. The summed E-state index contributed by atoms with van der Waals surface area (Å²) in [5.74, 6) is -1.32. The van der Waals surface area contributed by atoms with Crippen LogP contribution in [0.2, 0.25) is 0 Å². The zero-order valence-electron chi connectivity index (χ0n) is 11.2. The number of carbonyl (C=O) groups is 2. The number of ether oxygens (including phenoxy) is 2. The van der Waals surface area contributed by atoms with Gasteiger partial charge in [-0.25, -0.2) is 4.79 Å². The molecule has 1 aliphatic carbocycles. The summed E-state index contributed by atoms with van der Waals surface area (Å²) >= 11 is 0. The highest BCUT2D eigenvalue weighted by Crippen LogP contribution is 2.32. The van der Waals surface area contributed by atoms with Crippen LogP contribution < -0.4 is 5.32 Å². The van der Waals surface area contributed by atoms with Crippen molar-refractivity contribution in [1.82, 2.24) is 5.32 Å². The maximum Gasteiger partial charge on any atom is 0.329 e. The van der Waals surface area contributed by atoms with Crippen LogP contribution in [0.4, 0.5) is 0 Å². The second-order valence-electron chi connectivity index (χ2n) is 5.34. The summed E-state index contributed by atoms with van der Waals surface area (Å²) < 4.78 is 10.9. The van der Waals surface area contributed by atoms with Crippen LogP contribution in [-0.2, 0) is 19.1 Å². The van der Waals surface area contributed by atoms with Gasteiger partial charge in [-0.1, -0.05) is 0 Å². The molecule has 108 valence electrons. The number of hydrogen-bond acceptors (Lipinski definition) is 4. The molecule has 2 rings (SSSR count). The molecule has 0 aromatic carbocycles. The van der Waals surface area contributed by atoms with Gasteiger partial charge in [-0.05, 0) is 39.0 Å². The average molecular weight is 271 g/mol. The van der Waals surface area contributed by atoms with E-state index >= 15 is 0 Å². The van der Waals surface area contributed by atoms with Crippen LogP contribution in [0.5, 0.6) is 0 Å². The molecule has 1 saturated heterocycles. The number of nitrogens with one attached hydrogen (secondary N) is 1. The van der Waals surface area contributed by atoms with E-state index in [2.05, 4.69) is 5.32 Å². The lowest BCUT2D eigenvalue weighted by Gasteiger charge is -2.38. The molecule has 0 bridgehead atoms. The quantitative estimate of drug-likeness (QED) is 0.742. The second kappa shape index (κ2) is 5.88. The predicted molar refractivity (Wildman–Crippen MR) is 66.7 cm³/mol. The van der Waals surface area contributed by atoms with E-state index in [0.29, 0.717) is 19.4 Å². The van der Waals surface area contributed by atoms with Crippen molar-refractivity contribution in [2.45, 2.75) is 56.8 Å². The van der Waals surface area contributed by atoms with Crippen LogP contribution >= 0.6 is 0 Å². The van der Waals surface area contributed by atoms with Crippen molar-refractivity contribution < 1.29 is 24.2 Å². The van der Waals surface area contributed by atoms with Crippen LogP contribution in [0.3, 0.4) is 0 Å². The minimum absolute atomic E-state index is 0.0624. The van der Waals surface area contributed by atoms with Gasteiger partial charge in [0.05, 0.1) is 12.7 Å². The van der Waals surface area contributed by atoms with Gasteiger partial charge in [0.1, 0.15) is 11.6 Å². The molecule has 0 aromatic heterocycles. The fourth-order valence-corrected chi connectivity index (χ4v) is 2.36. The van der Waals surface area contributed by atoms with E-state index in [4.69, 9.17) is 14.6 Å². The molecule has 2 N–H and O–H groups in total. The lowest BCUT2D eigenvalue weighted by atomic mass is 9.76. The van der Waals surface area contributed by atoms with Crippen molar-refractivity contribution in [3.63, 3.8) is 0 Å². The molecule has 1 saturated carbocycles. The Morgan fingerprint density at radius 2 is 2.21 bits per heavy atom. The van der Waals surface area contributed by atoms with Gasteiger partial charge in [0.2, 0.25) is 5.91 Å². The van der Waals surface area contributed by atoms with Gasteiger partial charge in [0.15, 0.2) is 0 Å². The molecular weight excluding hydrogens is 250 g/mol. The van der Waals surface area contributed by atoms with Crippen LogP contribution in [0.25, 0.3) is 0 Å². The first kappa shape index (κ1) is 14.3. The Labute approximate surface area is 112 Å². The Balaban J connectivity index is 1.76. The Kier molecular flexibility index (Phi) is 4.42. The largest absolute Gasteiger partial charge is 0.480 e. The minimum Gasteiger partial charge on any atom is -0.480 e. The van der Waals surface area contributed by atoms with E-state index in [0.717, 1.165) is 25.9 Å². The summed E-state index contributed by atoms with van der Waals surface area (Å²) in [7, 11) is 0. The van der Waals surface area contributed by atoms with E-state index in [1.54, 1.807) is 6.92 Å². The summed E-state index contributed by atoms with van der Waals surface area (Å²) in [6, 6.07) is 0. The molecule has 1 heterocycles. The van der Waals surface area contributed by atoms with Gasteiger partial charge in [-0.15, -0.1) is 0 Å². The van der Waals surface area contributed by atoms with Crippen molar-refractivity contribution >= 4 is 11.9 Å². The van der Waals surface area contributed by atoms with E-state index in [1.165, 1.54) is 0 Å². The minimum atomic E-state index is -1.07.